The molecular formula is C20H35NO3Si. The maximum absolute atomic E-state index is 6.47. The van der Waals surface area contributed by atoms with E-state index in [1.807, 2.05) is 19.9 Å². The topological polar surface area (TPSA) is 39.7 Å². The second-order valence-electron chi connectivity index (χ2n) is 8.91. The van der Waals surface area contributed by atoms with Gasteiger partial charge in [0.2, 0.25) is 0 Å². The van der Waals surface area contributed by atoms with Crippen LogP contribution in [0.4, 0.5) is 0 Å². The van der Waals surface area contributed by atoms with Gasteiger partial charge in [-0.05, 0) is 37.5 Å². The van der Waals surface area contributed by atoms with Crippen LogP contribution in [0, 0.1) is 0 Å². The molecule has 5 heteroatoms. The Bertz CT molecular complexity index is 540. The number of hydrogen-bond acceptors (Lipinski definition) is 4. The van der Waals surface area contributed by atoms with E-state index in [2.05, 4.69) is 63.4 Å². The van der Waals surface area contributed by atoms with Crippen LogP contribution in [-0.2, 0) is 20.4 Å². The molecule has 4 nitrogen and oxygen atoms in total. The molecule has 1 aromatic rings. The SMILES string of the molecule is CC1(C)OC[C@@H]([C@H](CO[Si](C)(C)C(C)(C)C)NCc2ccccc2)O1. The first-order chi connectivity index (χ1) is 11.5. The van der Waals surface area contributed by atoms with Gasteiger partial charge in [0.25, 0.3) is 0 Å². The lowest BCUT2D eigenvalue weighted by atomic mass is 10.1. The van der Waals surface area contributed by atoms with E-state index in [0.29, 0.717) is 13.2 Å². The van der Waals surface area contributed by atoms with Crippen molar-refractivity contribution in [2.75, 3.05) is 13.2 Å². The maximum atomic E-state index is 6.47. The van der Waals surface area contributed by atoms with E-state index in [4.69, 9.17) is 13.9 Å². The molecule has 1 fully saturated rings. The van der Waals surface area contributed by atoms with Gasteiger partial charge in [-0.1, -0.05) is 51.1 Å². The zero-order valence-corrected chi connectivity index (χ0v) is 17.9. The third-order valence-corrected chi connectivity index (χ3v) is 9.82. The fourth-order valence-electron chi connectivity index (χ4n) is 2.57. The molecule has 1 aromatic carbocycles. The Morgan fingerprint density at radius 1 is 1.24 bits per heavy atom. The van der Waals surface area contributed by atoms with E-state index >= 15 is 0 Å². The standard InChI is InChI=1S/C20H35NO3Si/c1-19(2,3)25(6,7)23-14-17(18-15-22-20(4,5)24-18)21-13-16-11-9-8-10-12-16/h8-12,17-18,21H,13-15H2,1-7H3/t17-,18-/m0/s1. The molecule has 0 bridgehead atoms. The van der Waals surface area contributed by atoms with E-state index in [1.165, 1.54) is 5.56 Å². The van der Waals surface area contributed by atoms with E-state index in [0.717, 1.165) is 6.54 Å². The van der Waals surface area contributed by atoms with E-state index in [1.54, 1.807) is 0 Å². The number of nitrogens with one attached hydrogen (secondary N) is 1. The molecule has 142 valence electrons. The third kappa shape index (κ3) is 5.90. The minimum Gasteiger partial charge on any atom is -0.415 e. The van der Waals surface area contributed by atoms with Crippen LogP contribution in [0.25, 0.3) is 0 Å². The van der Waals surface area contributed by atoms with Crippen molar-refractivity contribution < 1.29 is 13.9 Å². The first kappa shape index (κ1) is 20.6. The molecule has 0 saturated carbocycles. The quantitative estimate of drug-likeness (QED) is 0.731. The van der Waals surface area contributed by atoms with E-state index in [9.17, 15) is 0 Å². The number of hydrogen-bond donors (Lipinski definition) is 1. The number of ether oxygens (including phenoxy) is 2. The van der Waals surface area contributed by atoms with Gasteiger partial charge >= 0.3 is 0 Å². The van der Waals surface area contributed by atoms with Crippen molar-refractivity contribution in [1.29, 1.82) is 0 Å². The normalized spacial score (nSPS) is 22.1. The third-order valence-electron chi connectivity index (χ3n) is 5.32. The lowest BCUT2D eigenvalue weighted by Gasteiger charge is -2.38. The molecule has 2 rings (SSSR count). The Kier molecular flexibility index (Phi) is 6.49. The first-order valence-corrected chi connectivity index (χ1v) is 12.1. The molecule has 0 unspecified atom stereocenters. The van der Waals surface area contributed by atoms with E-state index in [-0.39, 0.29) is 17.2 Å². The second kappa shape index (κ2) is 7.88. The minimum atomic E-state index is -1.80. The van der Waals surface area contributed by atoms with Gasteiger partial charge in [0.15, 0.2) is 14.1 Å². The summed E-state index contributed by atoms with van der Waals surface area (Å²) in [6, 6.07) is 10.5. The smallest absolute Gasteiger partial charge is 0.192 e. The summed E-state index contributed by atoms with van der Waals surface area (Å²) in [4.78, 5) is 0. The minimum absolute atomic E-state index is 0.00322. The molecule has 1 saturated heterocycles. The summed E-state index contributed by atoms with van der Waals surface area (Å²) in [6.07, 6.45) is 0.00322. The molecule has 0 spiro atoms. The molecule has 1 N–H and O–H groups in total. The van der Waals surface area contributed by atoms with Crippen molar-refractivity contribution in [3.63, 3.8) is 0 Å². The van der Waals surface area contributed by atoms with Gasteiger partial charge < -0.3 is 19.2 Å². The highest BCUT2D eigenvalue weighted by Crippen LogP contribution is 2.37. The summed E-state index contributed by atoms with van der Waals surface area (Å²) in [5.41, 5.74) is 1.26. The van der Waals surface area contributed by atoms with E-state index < -0.39 is 14.1 Å². The number of rotatable bonds is 7. The van der Waals surface area contributed by atoms with Gasteiger partial charge in [0.05, 0.1) is 19.3 Å². The van der Waals surface area contributed by atoms with Gasteiger partial charge in [-0.15, -0.1) is 0 Å². The Labute approximate surface area is 154 Å². The van der Waals surface area contributed by atoms with Gasteiger partial charge in [0, 0.05) is 6.54 Å². The lowest BCUT2D eigenvalue weighted by molar-refractivity contribution is -0.142. The first-order valence-electron chi connectivity index (χ1n) is 9.23. The van der Waals surface area contributed by atoms with Crippen LogP contribution in [0.2, 0.25) is 18.1 Å². The highest BCUT2D eigenvalue weighted by Gasteiger charge is 2.41. The molecular weight excluding hydrogens is 330 g/mol. The van der Waals surface area contributed by atoms with Crippen molar-refractivity contribution in [2.45, 2.75) is 77.2 Å². The zero-order valence-electron chi connectivity index (χ0n) is 16.9. The van der Waals surface area contributed by atoms with Crippen LogP contribution in [0.5, 0.6) is 0 Å². The summed E-state index contributed by atoms with van der Waals surface area (Å²) in [5, 5.41) is 3.83. The molecule has 1 aliphatic rings. The summed E-state index contributed by atoms with van der Waals surface area (Å²) in [5.74, 6) is -0.520. The molecule has 0 aliphatic carbocycles. The highest BCUT2D eigenvalue weighted by molar-refractivity contribution is 6.74. The van der Waals surface area contributed by atoms with Crippen LogP contribution < -0.4 is 5.32 Å². The summed E-state index contributed by atoms with van der Waals surface area (Å²) >= 11 is 0. The molecule has 0 amide bonds. The molecule has 1 aliphatic heterocycles. The monoisotopic (exact) mass is 365 g/mol. The fourth-order valence-corrected chi connectivity index (χ4v) is 3.60. The largest absolute Gasteiger partial charge is 0.415 e. The van der Waals surface area contributed by atoms with Crippen molar-refractivity contribution in [3.05, 3.63) is 35.9 Å². The predicted octanol–water partition coefficient (Wildman–Crippen LogP) is 4.32. The van der Waals surface area contributed by atoms with Crippen molar-refractivity contribution in [1.82, 2.24) is 5.32 Å². The van der Waals surface area contributed by atoms with Crippen LogP contribution in [0.3, 0.4) is 0 Å². The zero-order chi connectivity index (χ0) is 18.7. The van der Waals surface area contributed by atoms with Crippen LogP contribution in [0.1, 0.15) is 40.2 Å². The van der Waals surface area contributed by atoms with Gasteiger partial charge in [-0.25, -0.2) is 0 Å². The Hall–Kier alpha value is -0.723. The summed E-state index contributed by atoms with van der Waals surface area (Å²) in [6.45, 7) is 17.4. The van der Waals surface area contributed by atoms with Crippen LogP contribution in [-0.4, -0.2) is 39.5 Å². The van der Waals surface area contributed by atoms with Crippen molar-refractivity contribution >= 4 is 8.32 Å². The second-order valence-corrected chi connectivity index (χ2v) is 13.7. The van der Waals surface area contributed by atoms with Gasteiger partial charge in [-0.2, -0.15) is 0 Å². The summed E-state index contributed by atoms with van der Waals surface area (Å²) in [7, 11) is -1.80. The Morgan fingerprint density at radius 2 is 1.88 bits per heavy atom. The number of benzene rings is 1. The van der Waals surface area contributed by atoms with Gasteiger partial charge in [-0.3, -0.25) is 0 Å². The molecule has 25 heavy (non-hydrogen) atoms. The Morgan fingerprint density at radius 3 is 2.40 bits per heavy atom. The molecule has 1 heterocycles. The van der Waals surface area contributed by atoms with Gasteiger partial charge in [0.1, 0.15) is 6.10 Å². The average Bonchev–Trinajstić information content (AvgIpc) is 2.87. The van der Waals surface area contributed by atoms with Crippen molar-refractivity contribution in [2.24, 2.45) is 0 Å². The molecule has 2 atom stereocenters. The predicted molar refractivity (Wildman–Crippen MR) is 105 cm³/mol. The lowest BCUT2D eigenvalue weighted by Crippen LogP contribution is -2.49. The Balaban J connectivity index is 2.02. The van der Waals surface area contributed by atoms with Crippen LogP contribution in [0.15, 0.2) is 30.3 Å². The van der Waals surface area contributed by atoms with Crippen LogP contribution >= 0.6 is 0 Å². The van der Waals surface area contributed by atoms with Crippen molar-refractivity contribution in [3.8, 4) is 0 Å². The fraction of sp³-hybridized carbons (Fsp3) is 0.700. The molecule has 0 aromatic heterocycles. The maximum Gasteiger partial charge on any atom is 0.192 e. The summed E-state index contributed by atoms with van der Waals surface area (Å²) < 4.78 is 18.3. The molecule has 0 radical (unpaired) electrons. The average molecular weight is 366 g/mol. The highest BCUT2D eigenvalue weighted by atomic mass is 28.4.